The molecule has 2 heteroatoms. The van der Waals surface area contributed by atoms with Crippen molar-refractivity contribution in [2.45, 2.75) is 49.0 Å². The van der Waals surface area contributed by atoms with Gasteiger partial charge < -0.3 is 4.90 Å². The van der Waals surface area contributed by atoms with Gasteiger partial charge in [-0.3, -0.25) is 5.41 Å². The molecule has 0 fully saturated rings. The van der Waals surface area contributed by atoms with Crippen LogP contribution in [0.1, 0.15) is 49.0 Å². The van der Waals surface area contributed by atoms with E-state index in [0.717, 1.165) is 0 Å². The van der Waals surface area contributed by atoms with Gasteiger partial charge in [0.25, 0.3) is 0 Å². The Morgan fingerprint density at radius 1 is 0.875 bits per heavy atom. The first-order valence-electron chi connectivity index (χ1n) is 5.50. The smallest absolute Gasteiger partial charge is 0.128 e. The summed E-state index contributed by atoms with van der Waals surface area (Å²) in [5.41, 5.74) is 0. The van der Waals surface area contributed by atoms with Gasteiger partial charge in [0.1, 0.15) is 5.84 Å². The average Bonchev–Trinajstić information content (AvgIpc) is 2.37. The van der Waals surface area contributed by atoms with E-state index >= 15 is 0 Å². The maximum atomic E-state index is 7.16. The monoisotopic (exact) mass is 228 g/mol. The van der Waals surface area contributed by atoms with Crippen molar-refractivity contribution in [3.05, 3.63) is 38.2 Å². The van der Waals surface area contributed by atoms with Crippen LogP contribution in [0.25, 0.3) is 0 Å². The Bertz CT molecular complexity index is 141. The summed E-state index contributed by atoms with van der Waals surface area (Å²) >= 11 is 0. The van der Waals surface area contributed by atoms with Gasteiger partial charge in [0, 0.05) is 12.4 Å². The lowest BCUT2D eigenvalue weighted by molar-refractivity contribution is 0.763. The largest absolute Gasteiger partial charge is 0.310 e. The van der Waals surface area contributed by atoms with E-state index < -0.39 is 0 Å². The van der Waals surface area contributed by atoms with Gasteiger partial charge in [-0.1, -0.05) is 68.7 Å². The van der Waals surface area contributed by atoms with Crippen LogP contribution >= 0.6 is 0 Å². The fraction of sp³-hybridized carbons (Fsp3) is 0.500. The second-order valence-electron chi connectivity index (χ2n) is 1.36. The second-order valence-corrected chi connectivity index (χ2v) is 1.36. The van der Waals surface area contributed by atoms with E-state index in [0.29, 0.717) is 0 Å². The molecule has 0 aliphatic heterocycles. The lowest BCUT2D eigenvalue weighted by Gasteiger charge is -2.10. The molecular formula is C14H32N2. The van der Waals surface area contributed by atoms with Gasteiger partial charge in [-0.15, -0.1) is 0 Å². The van der Waals surface area contributed by atoms with Crippen LogP contribution in [0.3, 0.4) is 0 Å². The van der Waals surface area contributed by atoms with Crippen molar-refractivity contribution in [1.29, 1.82) is 5.41 Å². The molecule has 0 aliphatic carbocycles. The van der Waals surface area contributed by atoms with Crippen molar-refractivity contribution in [2.75, 3.05) is 0 Å². The predicted molar refractivity (Wildman–Crippen MR) is 80.9 cm³/mol. The summed E-state index contributed by atoms with van der Waals surface area (Å²) in [7, 11) is 0. The van der Waals surface area contributed by atoms with Crippen LogP contribution in [0.4, 0.5) is 0 Å². The van der Waals surface area contributed by atoms with E-state index in [2.05, 4.69) is 19.7 Å². The van der Waals surface area contributed by atoms with Crippen LogP contribution in [-0.2, 0) is 0 Å². The minimum Gasteiger partial charge on any atom is -0.310 e. The van der Waals surface area contributed by atoms with Crippen LogP contribution in [0.2, 0.25) is 0 Å². The van der Waals surface area contributed by atoms with Crippen molar-refractivity contribution in [3.63, 3.8) is 0 Å². The topological polar surface area (TPSA) is 27.1 Å². The fourth-order valence-electron chi connectivity index (χ4n) is 0.377. The number of hydrogen-bond acceptors (Lipinski definition) is 1. The molecule has 0 radical (unpaired) electrons. The van der Waals surface area contributed by atoms with Gasteiger partial charge in [0.15, 0.2) is 0 Å². The van der Waals surface area contributed by atoms with Crippen LogP contribution in [-0.4, -0.2) is 10.7 Å². The minimum absolute atomic E-state index is 0. The van der Waals surface area contributed by atoms with E-state index in [4.69, 9.17) is 5.41 Å². The van der Waals surface area contributed by atoms with E-state index in [1.807, 2.05) is 41.5 Å². The molecule has 0 aliphatic rings. The minimum atomic E-state index is 0. The molecule has 16 heavy (non-hydrogen) atoms. The first kappa shape index (κ1) is 29.3. The number of hydrogen-bond donors (Lipinski definition) is 1. The Hall–Kier alpha value is -1.31. The molecule has 0 aromatic heterocycles. The van der Waals surface area contributed by atoms with Crippen LogP contribution in [0.5, 0.6) is 0 Å². The third kappa shape index (κ3) is 23.0. The molecule has 0 aromatic carbocycles. The Morgan fingerprint density at radius 2 is 1.12 bits per heavy atom. The van der Waals surface area contributed by atoms with Crippen LogP contribution in [0, 0.1) is 5.41 Å². The summed E-state index contributed by atoms with van der Waals surface area (Å²) in [5, 5.41) is 7.16. The first-order chi connectivity index (χ1) is 7.26. The van der Waals surface area contributed by atoms with Gasteiger partial charge >= 0.3 is 0 Å². The summed E-state index contributed by atoms with van der Waals surface area (Å²) < 4.78 is 0. The molecule has 0 unspecified atom stereocenters. The molecular weight excluding hydrogens is 196 g/mol. The molecule has 0 amide bonds. The number of nitrogens with one attached hydrogen (secondary N) is 1. The molecule has 1 N–H and O–H groups in total. The Balaban J connectivity index is -0.0000000498. The quantitative estimate of drug-likeness (QED) is 0.504. The maximum Gasteiger partial charge on any atom is 0.128 e. The number of nitrogens with zero attached hydrogens (tertiary/aromatic N) is 1. The molecule has 0 saturated heterocycles. The lowest BCUT2D eigenvalue weighted by atomic mass is 10.5. The van der Waals surface area contributed by atoms with Crippen molar-refractivity contribution in [1.82, 2.24) is 4.90 Å². The molecule has 0 spiro atoms. The highest BCUT2D eigenvalue weighted by Gasteiger charge is 1.92. The van der Waals surface area contributed by atoms with Crippen molar-refractivity contribution in [3.8, 4) is 0 Å². The van der Waals surface area contributed by atoms with Gasteiger partial charge in [0.2, 0.25) is 0 Å². The fourth-order valence-corrected chi connectivity index (χ4v) is 0.377. The third-order valence-electron chi connectivity index (χ3n) is 0.865. The molecule has 0 rings (SSSR count). The van der Waals surface area contributed by atoms with Crippen molar-refractivity contribution in [2.24, 2.45) is 0 Å². The Labute approximate surface area is 104 Å². The molecule has 0 aromatic rings. The van der Waals surface area contributed by atoms with Crippen LogP contribution < -0.4 is 0 Å². The Kier molecular flexibility index (Phi) is 68.3. The van der Waals surface area contributed by atoms with Gasteiger partial charge in [-0.2, -0.15) is 0 Å². The lowest BCUT2D eigenvalue weighted by Crippen LogP contribution is -2.14. The zero-order valence-electron chi connectivity index (χ0n) is 11.3. The molecule has 2 nitrogen and oxygen atoms in total. The van der Waals surface area contributed by atoms with Crippen molar-refractivity contribution < 1.29 is 0 Å². The highest BCUT2D eigenvalue weighted by molar-refractivity contribution is 5.91. The number of amidine groups is 1. The van der Waals surface area contributed by atoms with E-state index in [1.165, 1.54) is 23.4 Å². The molecule has 0 atom stereocenters. The third-order valence-corrected chi connectivity index (χ3v) is 0.865. The van der Waals surface area contributed by atoms with E-state index in [-0.39, 0.29) is 13.3 Å². The summed E-state index contributed by atoms with van der Waals surface area (Å²) in [6.07, 6.45) is 4.41. The summed E-state index contributed by atoms with van der Waals surface area (Å²) in [4.78, 5) is 1.47. The van der Waals surface area contributed by atoms with E-state index in [9.17, 15) is 0 Å². The standard InChI is InChI=1S/C7H10N2.3C2H6.CH4/c1-4-7(8)9(5-2)6-3;3*1-2;/h4-6,8H,1-3H2;3*1-2H3;1H4. The SMILES string of the molecule is C.C=CC(=N)N(C=C)C=C.CC.CC.CC. The highest BCUT2D eigenvalue weighted by Crippen LogP contribution is 1.90. The molecule has 98 valence electrons. The van der Waals surface area contributed by atoms with Crippen molar-refractivity contribution >= 4 is 5.84 Å². The molecule has 0 heterocycles. The Morgan fingerprint density at radius 3 is 1.19 bits per heavy atom. The van der Waals surface area contributed by atoms with Gasteiger partial charge in [0.05, 0.1) is 0 Å². The second kappa shape index (κ2) is 37.3. The summed E-state index contributed by atoms with van der Waals surface area (Å²) in [5.74, 6) is 0.278. The molecule has 0 saturated carbocycles. The average molecular weight is 228 g/mol. The predicted octanol–water partition coefficient (Wildman–Crippen LogP) is 5.45. The first-order valence-corrected chi connectivity index (χ1v) is 5.50. The van der Waals surface area contributed by atoms with Gasteiger partial charge in [-0.05, 0) is 6.08 Å². The highest BCUT2D eigenvalue weighted by atomic mass is 15.1. The zero-order valence-corrected chi connectivity index (χ0v) is 11.3. The van der Waals surface area contributed by atoms with Crippen LogP contribution in [0.15, 0.2) is 38.2 Å². The summed E-state index contributed by atoms with van der Waals surface area (Å²) in [6.45, 7) is 22.3. The zero-order chi connectivity index (χ0) is 13.3. The summed E-state index contributed by atoms with van der Waals surface area (Å²) in [6, 6.07) is 0. The molecule has 0 bridgehead atoms. The maximum absolute atomic E-state index is 7.16. The van der Waals surface area contributed by atoms with E-state index in [1.54, 1.807) is 0 Å². The normalized spacial score (nSPS) is 5.38. The number of rotatable bonds is 3. The van der Waals surface area contributed by atoms with Gasteiger partial charge in [-0.25, -0.2) is 0 Å².